The lowest BCUT2D eigenvalue weighted by atomic mass is 10.2. The molecule has 0 saturated carbocycles. The number of hydrogen-bond acceptors (Lipinski definition) is 2. The van der Waals surface area contributed by atoms with Crippen LogP contribution in [0.2, 0.25) is 0 Å². The fourth-order valence-electron chi connectivity index (χ4n) is 2.00. The molecule has 0 aliphatic heterocycles. The molecule has 0 bridgehead atoms. The molecule has 0 aliphatic carbocycles. The predicted molar refractivity (Wildman–Crippen MR) is 82.8 cm³/mol. The van der Waals surface area contributed by atoms with Gasteiger partial charge in [0.2, 0.25) is 0 Å². The Balaban J connectivity index is 0.00000200. The quantitative estimate of drug-likeness (QED) is 0.903. The molecule has 0 atom stereocenters. The molecule has 0 spiro atoms. The topological polar surface area (TPSA) is 29.9 Å². The molecule has 2 rings (SSSR count). The van der Waals surface area contributed by atoms with Crippen molar-refractivity contribution < 1.29 is 4.39 Å². The SMILES string of the molecule is Cc1nn(CC(C)C)cc1NCc1cccc(F)c1.Cl. The third-order valence-electron chi connectivity index (χ3n) is 2.87. The van der Waals surface area contributed by atoms with Crippen LogP contribution in [-0.2, 0) is 13.1 Å². The average molecular weight is 298 g/mol. The molecule has 1 aromatic heterocycles. The van der Waals surface area contributed by atoms with Crippen LogP contribution in [0, 0.1) is 18.7 Å². The highest BCUT2D eigenvalue weighted by Gasteiger charge is 2.06. The summed E-state index contributed by atoms with van der Waals surface area (Å²) in [6, 6.07) is 6.63. The van der Waals surface area contributed by atoms with Crippen LogP contribution in [0.4, 0.5) is 10.1 Å². The van der Waals surface area contributed by atoms with Crippen molar-refractivity contribution in [3.8, 4) is 0 Å². The summed E-state index contributed by atoms with van der Waals surface area (Å²) in [5, 5.41) is 7.76. The molecule has 0 radical (unpaired) electrons. The van der Waals surface area contributed by atoms with E-state index in [0.29, 0.717) is 12.5 Å². The van der Waals surface area contributed by atoms with Crippen molar-refractivity contribution in [2.75, 3.05) is 5.32 Å². The van der Waals surface area contributed by atoms with Gasteiger partial charge in [-0.25, -0.2) is 4.39 Å². The van der Waals surface area contributed by atoms with Gasteiger partial charge in [0.25, 0.3) is 0 Å². The Morgan fingerprint density at radius 3 is 2.75 bits per heavy atom. The summed E-state index contributed by atoms with van der Waals surface area (Å²) in [4.78, 5) is 0. The molecule has 3 nitrogen and oxygen atoms in total. The highest BCUT2D eigenvalue weighted by Crippen LogP contribution is 2.15. The zero-order valence-corrected chi connectivity index (χ0v) is 12.9. The van der Waals surface area contributed by atoms with E-state index < -0.39 is 0 Å². The fourth-order valence-corrected chi connectivity index (χ4v) is 2.00. The molecule has 0 fully saturated rings. The van der Waals surface area contributed by atoms with Crippen LogP contribution >= 0.6 is 12.4 Å². The van der Waals surface area contributed by atoms with Crippen LogP contribution < -0.4 is 5.32 Å². The lowest BCUT2D eigenvalue weighted by Gasteiger charge is -2.05. The third-order valence-corrected chi connectivity index (χ3v) is 2.87. The number of aryl methyl sites for hydroxylation is 1. The highest BCUT2D eigenvalue weighted by molar-refractivity contribution is 5.85. The minimum absolute atomic E-state index is 0. The number of rotatable bonds is 5. The van der Waals surface area contributed by atoms with Gasteiger partial charge in [0.1, 0.15) is 5.82 Å². The smallest absolute Gasteiger partial charge is 0.123 e. The van der Waals surface area contributed by atoms with Crippen LogP contribution in [0.25, 0.3) is 0 Å². The van der Waals surface area contributed by atoms with Crippen molar-refractivity contribution in [3.63, 3.8) is 0 Å². The van der Waals surface area contributed by atoms with Crippen molar-refractivity contribution in [2.45, 2.75) is 33.9 Å². The second kappa shape index (κ2) is 7.29. The minimum atomic E-state index is -0.202. The van der Waals surface area contributed by atoms with Crippen molar-refractivity contribution in [1.29, 1.82) is 0 Å². The van der Waals surface area contributed by atoms with Crippen molar-refractivity contribution in [2.24, 2.45) is 5.92 Å². The standard InChI is InChI=1S/C15H20FN3.ClH/c1-11(2)9-19-10-15(12(3)18-19)17-8-13-5-4-6-14(16)7-13;/h4-7,10-11,17H,8-9H2,1-3H3;1H. The van der Waals surface area contributed by atoms with E-state index in [2.05, 4.69) is 24.3 Å². The monoisotopic (exact) mass is 297 g/mol. The van der Waals surface area contributed by atoms with E-state index in [9.17, 15) is 4.39 Å². The molecule has 0 saturated heterocycles. The molecular formula is C15H21ClFN3. The van der Waals surface area contributed by atoms with Gasteiger partial charge < -0.3 is 5.32 Å². The normalized spacial score (nSPS) is 10.4. The molecule has 5 heteroatoms. The number of benzene rings is 1. The molecule has 110 valence electrons. The van der Waals surface area contributed by atoms with Gasteiger partial charge in [0.05, 0.1) is 11.4 Å². The average Bonchev–Trinajstić information content (AvgIpc) is 2.66. The molecule has 0 amide bonds. The summed E-state index contributed by atoms with van der Waals surface area (Å²) >= 11 is 0. The lowest BCUT2D eigenvalue weighted by Crippen LogP contribution is -2.04. The maximum atomic E-state index is 13.1. The minimum Gasteiger partial charge on any atom is -0.378 e. The molecule has 20 heavy (non-hydrogen) atoms. The Bertz CT molecular complexity index is 552. The Hall–Kier alpha value is -1.55. The van der Waals surface area contributed by atoms with Crippen molar-refractivity contribution in [3.05, 3.63) is 47.5 Å². The Labute approximate surface area is 125 Å². The van der Waals surface area contributed by atoms with Gasteiger partial charge in [-0.2, -0.15) is 5.10 Å². The summed E-state index contributed by atoms with van der Waals surface area (Å²) in [7, 11) is 0. The first kappa shape index (κ1) is 16.5. The lowest BCUT2D eigenvalue weighted by molar-refractivity contribution is 0.481. The van der Waals surface area contributed by atoms with E-state index in [0.717, 1.165) is 23.5 Å². The van der Waals surface area contributed by atoms with Crippen LogP contribution in [0.3, 0.4) is 0 Å². The summed E-state index contributed by atoms with van der Waals surface area (Å²) in [5.74, 6) is 0.363. The zero-order valence-electron chi connectivity index (χ0n) is 12.1. The molecule has 2 aromatic rings. The first-order chi connectivity index (χ1) is 9.04. The van der Waals surface area contributed by atoms with Gasteiger partial charge >= 0.3 is 0 Å². The molecule has 1 N–H and O–H groups in total. The van der Waals surface area contributed by atoms with E-state index in [1.54, 1.807) is 12.1 Å². The maximum Gasteiger partial charge on any atom is 0.123 e. The van der Waals surface area contributed by atoms with Crippen LogP contribution in [0.1, 0.15) is 25.1 Å². The largest absolute Gasteiger partial charge is 0.378 e. The number of halogens is 2. The van der Waals surface area contributed by atoms with Gasteiger partial charge in [-0.05, 0) is 30.5 Å². The van der Waals surface area contributed by atoms with Gasteiger partial charge in [0, 0.05) is 19.3 Å². The van der Waals surface area contributed by atoms with Crippen LogP contribution in [0.5, 0.6) is 0 Å². The second-order valence-corrected chi connectivity index (χ2v) is 5.23. The van der Waals surface area contributed by atoms with Gasteiger partial charge in [-0.15, -0.1) is 12.4 Å². The zero-order chi connectivity index (χ0) is 13.8. The number of aromatic nitrogens is 2. The van der Waals surface area contributed by atoms with Gasteiger partial charge in [0.15, 0.2) is 0 Å². The Morgan fingerprint density at radius 1 is 1.35 bits per heavy atom. The molecule has 1 heterocycles. The maximum absolute atomic E-state index is 13.1. The first-order valence-electron chi connectivity index (χ1n) is 6.57. The number of nitrogens with one attached hydrogen (secondary N) is 1. The molecular weight excluding hydrogens is 277 g/mol. The Kier molecular flexibility index (Phi) is 6.02. The van der Waals surface area contributed by atoms with E-state index in [1.165, 1.54) is 6.07 Å². The summed E-state index contributed by atoms with van der Waals surface area (Å²) < 4.78 is 15.0. The van der Waals surface area contributed by atoms with Gasteiger partial charge in [-0.1, -0.05) is 26.0 Å². The fraction of sp³-hybridized carbons (Fsp3) is 0.400. The Morgan fingerprint density at radius 2 is 2.10 bits per heavy atom. The van der Waals surface area contributed by atoms with Crippen LogP contribution in [-0.4, -0.2) is 9.78 Å². The van der Waals surface area contributed by atoms with Crippen molar-refractivity contribution >= 4 is 18.1 Å². The molecule has 0 unspecified atom stereocenters. The number of nitrogens with zero attached hydrogens (tertiary/aromatic N) is 2. The van der Waals surface area contributed by atoms with E-state index in [1.807, 2.05) is 23.9 Å². The summed E-state index contributed by atoms with van der Waals surface area (Å²) in [5.41, 5.74) is 2.90. The summed E-state index contributed by atoms with van der Waals surface area (Å²) in [6.07, 6.45) is 2.01. The summed E-state index contributed by atoms with van der Waals surface area (Å²) in [6.45, 7) is 7.81. The molecule has 0 aliphatic rings. The second-order valence-electron chi connectivity index (χ2n) is 5.23. The molecule has 1 aromatic carbocycles. The number of anilines is 1. The highest BCUT2D eigenvalue weighted by atomic mass is 35.5. The van der Waals surface area contributed by atoms with Crippen LogP contribution in [0.15, 0.2) is 30.5 Å². The van der Waals surface area contributed by atoms with E-state index >= 15 is 0 Å². The predicted octanol–water partition coefficient (Wildman–Crippen LogP) is 4.02. The van der Waals surface area contributed by atoms with Gasteiger partial charge in [-0.3, -0.25) is 4.68 Å². The third kappa shape index (κ3) is 4.53. The van der Waals surface area contributed by atoms with E-state index in [-0.39, 0.29) is 18.2 Å². The van der Waals surface area contributed by atoms with E-state index in [4.69, 9.17) is 0 Å². The number of hydrogen-bond donors (Lipinski definition) is 1. The first-order valence-corrected chi connectivity index (χ1v) is 6.57. The van der Waals surface area contributed by atoms with Crippen molar-refractivity contribution in [1.82, 2.24) is 9.78 Å².